The van der Waals surface area contributed by atoms with Crippen molar-refractivity contribution < 1.29 is 23.8 Å². The highest BCUT2D eigenvalue weighted by Crippen LogP contribution is 2.18. The average molecular weight is 306 g/mol. The Hall–Kier alpha value is -3.80. The first-order chi connectivity index (χ1) is 11.1. The highest BCUT2D eigenvalue weighted by atomic mass is 16.5. The van der Waals surface area contributed by atoms with Crippen LogP contribution in [-0.2, 0) is 9.47 Å². The topological polar surface area (TPSA) is 61.8 Å². The van der Waals surface area contributed by atoms with Crippen LogP contribution in [0.15, 0.2) is 18.2 Å². The van der Waals surface area contributed by atoms with Gasteiger partial charge in [0, 0.05) is 17.8 Å². The molecule has 0 saturated heterocycles. The van der Waals surface area contributed by atoms with E-state index in [1.807, 2.05) is 0 Å². The van der Waals surface area contributed by atoms with E-state index in [0.29, 0.717) is 0 Å². The van der Waals surface area contributed by atoms with Crippen LogP contribution < -0.4 is 4.74 Å². The molecule has 0 fully saturated rings. The first-order valence-corrected chi connectivity index (χ1v) is 6.06. The van der Waals surface area contributed by atoms with Crippen LogP contribution in [0.2, 0.25) is 0 Å². The van der Waals surface area contributed by atoms with Crippen molar-refractivity contribution in [3.63, 3.8) is 0 Å². The third kappa shape index (κ3) is 5.60. The Morgan fingerprint density at radius 2 is 1.39 bits per heavy atom. The highest BCUT2D eigenvalue weighted by Gasteiger charge is 2.14. The zero-order chi connectivity index (χ0) is 17.1. The minimum absolute atomic E-state index is 0.123. The quantitative estimate of drug-likeness (QED) is 0.621. The number of hydrogen-bond donors (Lipinski definition) is 0. The van der Waals surface area contributed by atoms with E-state index in [0.717, 1.165) is 0 Å². The number of benzene rings is 1. The first-order valence-electron chi connectivity index (χ1n) is 6.06. The Morgan fingerprint density at radius 3 is 1.91 bits per heavy atom. The molecule has 0 amide bonds. The van der Waals surface area contributed by atoms with Crippen LogP contribution in [-0.4, -0.2) is 26.2 Å². The van der Waals surface area contributed by atoms with Gasteiger partial charge in [0.1, 0.15) is 11.9 Å². The lowest BCUT2D eigenvalue weighted by atomic mass is 10.1. The van der Waals surface area contributed by atoms with Gasteiger partial charge >= 0.3 is 11.9 Å². The Bertz CT molecular complexity index is 805. The number of carbonyl (C=O) groups is 2. The molecule has 0 saturated carbocycles. The molecule has 0 aromatic heterocycles. The Balaban J connectivity index is 3.03. The largest absolute Gasteiger partial charge is 0.465 e. The fourth-order valence-corrected chi connectivity index (χ4v) is 1.37. The summed E-state index contributed by atoms with van der Waals surface area (Å²) >= 11 is 0. The van der Waals surface area contributed by atoms with Crippen molar-refractivity contribution in [2.45, 2.75) is 0 Å². The minimum atomic E-state index is -0.627. The van der Waals surface area contributed by atoms with E-state index in [-0.39, 0.29) is 16.9 Å². The molecular formula is C18H10O5. The molecule has 1 aromatic carbocycles. The van der Waals surface area contributed by atoms with Crippen molar-refractivity contribution in [1.29, 1.82) is 0 Å². The molecule has 0 heterocycles. The van der Waals surface area contributed by atoms with E-state index in [4.69, 9.17) is 11.2 Å². The summed E-state index contributed by atoms with van der Waals surface area (Å²) in [7, 11) is 2.45. The van der Waals surface area contributed by atoms with Crippen molar-refractivity contribution in [2.24, 2.45) is 0 Å². The number of rotatable bonds is 3. The molecule has 1 aromatic rings. The maximum Gasteiger partial charge on any atom is 0.338 e. The van der Waals surface area contributed by atoms with E-state index in [2.05, 4.69) is 51.1 Å². The predicted molar refractivity (Wildman–Crippen MR) is 81.9 cm³/mol. The summed E-state index contributed by atoms with van der Waals surface area (Å²) in [6.07, 6.45) is 7.22. The van der Waals surface area contributed by atoms with Gasteiger partial charge in [-0.3, -0.25) is 0 Å². The summed E-state index contributed by atoms with van der Waals surface area (Å²) < 4.78 is 14.3. The number of carbonyl (C=O) groups excluding carboxylic acids is 2. The molecule has 1 rings (SSSR count). The molecule has 0 aliphatic carbocycles. The summed E-state index contributed by atoms with van der Waals surface area (Å²) in [5, 5.41) is 0. The van der Waals surface area contributed by atoms with E-state index in [9.17, 15) is 9.59 Å². The molecule has 0 unspecified atom stereocenters. The van der Waals surface area contributed by atoms with Crippen molar-refractivity contribution in [1.82, 2.24) is 0 Å². The molecule has 0 radical (unpaired) electrons. The van der Waals surface area contributed by atoms with Gasteiger partial charge in [-0.1, -0.05) is 0 Å². The normalized spacial score (nSPS) is 7.70. The number of terminal acetylenes is 1. The molecule has 0 spiro atoms. The molecule has 0 aliphatic rings. The van der Waals surface area contributed by atoms with Crippen LogP contribution in [0.25, 0.3) is 0 Å². The molecule has 5 heteroatoms. The van der Waals surface area contributed by atoms with Crippen molar-refractivity contribution in [3.05, 3.63) is 29.3 Å². The molecule has 0 aliphatic heterocycles. The van der Waals surface area contributed by atoms with Gasteiger partial charge in [0.25, 0.3) is 0 Å². The maximum atomic E-state index is 11.6. The van der Waals surface area contributed by atoms with Crippen LogP contribution in [0.4, 0.5) is 0 Å². The molecule has 0 N–H and O–H groups in total. The van der Waals surface area contributed by atoms with Crippen LogP contribution in [0.3, 0.4) is 0 Å². The second-order valence-electron chi connectivity index (χ2n) is 3.70. The fraction of sp³-hybridized carbons (Fsp3) is 0.111. The standard InChI is InChI=1S/C18H10O5/c1-4-5-6-7-8-9-10-23-16-12-14(17(19)21-2)11-15(13-16)18(20)22-3/h1,11-13H,2-3H3. The lowest BCUT2D eigenvalue weighted by molar-refractivity contribution is 0.0598. The summed E-state index contributed by atoms with van der Waals surface area (Å²) in [5.74, 6) is 12.9. The Morgan fingerprint density at radius 1 is 0.870 bits per heavy atom. The van der Waals surface area contributed by atoms with E-state index >= 15 is 0 Å². The number of hydrogen-bond acceptors (Lipinski definition) is 5. The third-order valence-electron chi connectivity index (χ3n) is 2.29. The van der Waals surface area contributed by atoms with Crippen molar-refractivity contribution in [3.8, 4) is 53.8 Å². The van der Waals surface area contributed by atoms with Gasteiger partial charge < -0.3 is 14.2 Å². The van der Waals surface area contributed by atoms with E-state index in [1.54, 1.807) is 0 Å². The van der Waals surface area contributed by atoms with Gasteiger partial charge in [0.15, 0.2) is 0 Å². The molecule has 23 heavy (non-hydrogen) atoms. The van der Waals surface area contributed by atoms with Gasteiger partial charge in [-0.05, 0) is 36.0 Å². The zero-order valence-electron chi connectivity index (χ0n) is 12.4. The second kappa shape index (κ2) is 9.19. The second-order valence-corrected chi connectivity index (χ2v) is 3.70. The summed E-state index contributed by atoms with van der Waals surface area (Å²) in [4.78, 5) is 23.2. The number of methoxy groups -OCH3 is 2. The van der Waals surface area contributed by atoms with Gasteiger partial charge in [-0.2, -0.15) is 0 Å². The van der Waals surface area contributed by atoms with Gasteiger partial charge in [-0.25, -0.2) is 9.59 Å². The lowest BCUT2D eigenvalue weighted by Gasteiger charge is -2.05. The first kappa shape index (κ1) is 17.3. The maximum absolute atomic E-state index is 11.6. The zero-order valence-corrected chi connectivity index (χ0v) is 12.4. The molecule has 112 valence electrons. The average Bonchev–Trinajstić information content (AvgIpc) is 2.59. The van der Waals surface area contributed by atoms with E-state index in [1.165, 1.54) is 32.4 Å². The predicted octanol–water partition coefficient (Wildman–Crippen LogP) is 1.24. The summed E-state index contributed by atoms with van der Waals surface area (Å²) in [5.41, 5.74) is 0.247. The summed E-state index contributed by atoms with van der Waals surface area (Å²) in [6.45, 7) is 0. The van der Waals surface area contributed by atoms with Gasteiger partial charge in [-0.15, -0.1) is 6.42 Å². The smallest absolute Gasteiger partial charge is 0.338 e. The Kier molecular flexibility index (Phi) is 6.90. The van der Waals surface area contributed by atoms with Crippen molar-refractivity contribution >= 4 is 11.9 Å². The number of ether oxygens (including phenoxy) is 3. The highest BCUT2D eigenvalue weighted by molar-refractivity contribution is 5.96. The van der Waals surface area contributed by atoms with Crippen LogP contribution in [0.1, 0.15) is 20.7 Å². The van der Waals surface area contributed by atoms with Gasteiger partial charge in [0.05, 0.1) is 25.3 Å². The van der Waals surface area contributed by atoms with E-state index < -0.39 is 11.9 Å². The minimum Gasteiger partial charge on any atom is -0.465 e. The SMILES string of the molecule is C#CC#CC#CC#COc1cc(C(=O)OC)cc(C(=O)OC)c1. The summed E-state index contributed by atoms with van der Waals surface area (Å²) in [6, 6.07) is 4.07. The lowest BCUT2D eigenvalue weighted by Crippen LogP contribution is -2.07. The Labute approximate surface area is 133 Å². The van der Waals surface area contributed by atoms with Gasteiger partial charge in [0.2, 0.25) is 0 Å². The monoisotopic (exact) mass is 306 g/mol. The molecule has 0 bridgehead atoms. The van der Waals surface area contributed by atoms with Crippen LogP contribution in [0.5, 0.6) is 5.75 Å². The van der Waals surface area contributed by atoms with Crippen molar-refractivity contribution in [2.75, 3.05) is 14.2 Å². The molecular weight excluding hydrogens is 296 g/mol. The van der Waals surface area contributed by atoms with Crippen LogP contribution in [0, 0.1) is 48.1 Å². The third-order valence-corrected chi connectivity index (χ3v) is 2.29. The van der Waals surface area contributed by atoms with Crippen LogP contribution >= 0.6 is 0 Å². The molecule has 0 atom stereocenters. The molecule has 5 nitrogen and oxygen atoms in total. The number of esters is 2. The fourth-order valence-electron chi connectivity index (χ4n) is 1.37.